The molecule has 2 rings (SSSR count). The van der Waals surface area contributed by atoms with Crippen molar-refractivity contribution in [1.29, 1.82) is 0 Å². The minimum Gasteiger partial charge on any atom is -0.316 e. The van der Waals surface area contributed by atoms with Crippen LogP contribution in [-0.4, -0.2) is 24.0 Å². The number of thiazole rings is 1. The molecule has 2 N–H and O–H groups in total. The second-order valence-corrected chi connectivity index (χ2v) is 6.73. The van der Waals surface area contributed by atoms with Crippen molar-refractivity contribution >= 4 is 22.4 Å². The zero-order valence-electron chi connectivity index (χ0n) is 11.2. The van der Waals surface area contributed by atoms with Crippen molar-refractivity contribution in [2.45, 2.75) is 33.6 Å². The van der Waals surface area contributed by atoms with E-state index in [1.807, 2.05) is 20.8 Å². The smallest absolute Gasteiger partial charge is 0.232 e. The highest BCUT2D eigenvalue weighted by molar-refractivity contribution is 7.15. The molecule has 0 aromatic carbocycles. The van der Waals surface area contributed by atoms with Gasteiger partial charge >= 0.3 is 0 Å². The van der Waals surface area contributed by atoms with Gasteiger partial charge in [0.25, 0.3) is 0 Å². The Labute approximate surface area is 112 Å². The number of hydrogen-bond donors (Lipinski definition) is 2. The highest BCUT2D eigenvalue weighted by atomic mass is 32.1. The number of aryl methyl sites for hydroxylation is 1. The Kier molecular flexibility index (Phi) is 4.02. The van der Waals surface area contributed by atoms with Gasteiger partial charge in [0.05, 0.1) is 0 Å². The SMILES string of the molecule is Cc1cnc(NC(=O)C(C)(C)C2CCCNC2)s1. The molecule has 100 valence electrons. The van der Waals surface area contributed by atoms with Gasteiger partial charge in [-0.15, -0.1) is 11.3 Å². The number of nitrogens with one attached hydrogen (secondary N) is 2. The lowest BCUT2D eigenvalue weighted by atomic mass is 9.74. The lowest BCUT2D eigenvalue weighted by Gasteiger charge is -2.35. The maximum atomic E-state index is 12.4. The molecule has 0 bridgehead atoms. The van der Waals surface area contributed by atoms with Crippen molar-refractivity contribution in [2.75, 3.05) is 18.4 Å². The van der Waals surface area contributed by atoms with E-state index in [1.165, 1.54) is 11.3 Å². The molecule has 1 amide bonds. The highest BCUT2D eigenvalue weighted by Gasteiger charge is 2.37. The molecule has 0 spiro atoms. The lowest BCUT2D eigenvalue weighted by molar-refractivity contribution is -0.127. The van der Waals surface area contributed by atoms with E-state index in [0.717, 1.165) is 30.8 Å². The highest BCUT2D eigenvalue weighted by Crippen LogP contribution is 2.33. The van der Waals surface area contributed by atoms with Gasteiger partial charge < -0.3 is 10.6 Å². The predicted molar refractivity (Wildman–Crippen MR) is 74.9 cm³/mol. The summed E-state index contributed by atoms with van der Waals surface area (Å²) in [4.78, 5) is 17.7. The monoisotopic (exact) mass is 267 g/mol. The van der Waals surface area contributed by atoms with Crippen LogP contribution in [0.15, 0.2) is 6.20 Å². The maximum Gasteiger partial charge on any atom is 0.232 e. The summed E-state index contributed by atoms with van der Waals surface area (Å²) in [5.41, 5.74) is -0.354. The van der Waals surface area contributed by atoms with E-state index in [-0.39, 0.29) is 11.3 Å². The minimum absolute atomic E-state index is 0.0746. The van der Waals surface area contributed by atoms with Crippen LogP contribution in [0.1, 0.15) is 31.6 Å². The Morgan fingerprint density at radius 3 is 2.94 bits per heavy atom. The van der Waals surface area contributed by atoms with E-state index < -0.39 is 0 Å². The van der Waals surface area contributed by atoms with Crippen LogP contribution in [0.4, 0.5) is 5.13 Å². The summed E-state index contributed by atoms with van der Waals surface area (Å²) >= 11 is 1.52. The topological polar surface area (TPSA) is 54.0 Å². The molecule has 0 saturated carbocycles. The number of hydrogen-bond acceptors (Lipinski definition) is 4. The first kappa shape index (κ1) is 13.5. The van der Waals surface area contributed by atoms with Crippen LogP contribution in [0, 0.1) is 18.3 Å². The van der Waals surface area contributed by atoms with Crippen molar-refractivity contribution in [3.8, 4) is 0 Å². The van der Waals surface area contributed by atoms with E-state index in [0.29, 0.717) is 11.0 Å². The third kappa shape index (κ3) is 2.90. The third-order valence-electron chi connectivity index (χ3n) is 3.74. The number of anilines is 1. The summed E-state index contributed by atoms with van der Waals surface area (Å²) < 4.78 is 0. The van der Waals surface area contributed by atoms with E-state index in [1.54, 1.807) is 6.20 Å². The molecular formula is C13H21N3OS. The van der Waals surface area contributed by atoms with Gasteiger partial charge in [0.2, 0.25) is 5.91 Å². The average molecular weight is 267 g/mol. The minimum atomic E-state index is -0.354. The fourth-order valence-corrected chi connectivity index (χ4v) is 2.98. The molecule has 1 aromatic heterocycles. The molecule has 18 heavy (non-hydrogen) atoms. The normalized spacial score (nSPS) is 20.7. The second-order valence-electron chi connectivity index (χ2n) is 5.50. The van der Waals surface area contributed by atoms with Gasteiger partial charge in [-0.2, -0.15) is 0 Å². The van der Waals surface area contributed by atoms with Gasteiger partial charge in [-0.3, -0.25) is 4.79 Å². The van der Waals surface area contributed by atoms with Crippen LogP contribution >= 0.6 is 11.3 Å². The van der Waals surface area contributed by atoms with Crippen molar-refractivity contribution in [3.63, 3.8) is 0 Å². The van der Waals surface area contributed by atoms with E-state index in [9.17, 15) is 4.79 Å². The van der Waals surface area contributed by atoms with Crippen LogP contribution < -0.4 is 10.6 Å². The number of nitrogens with zero attached hydrogens (tertiary/aromatic N) is 1. The quantitative estimate of drug-likeness (QED) is 0.884. The Morgan fingerprint density at radius 2 is 2.39 bits per heavy atom. The Balaban J connectivity index is 2.02. The van der Waals surface area contributed by atoms with Crippen LogP contribution in [0.3, 0.4) is 0 Å². The summed E-state index contributed by atoms with van der Waals surface area (Å²) in [5.74, 6) is 0.470. The summed E-state index contributed by atoms with van der Waals surface area (Å²) in [6.07, 6.45) is 4.05. The van der Waals surface area contributed by atoms with E-state index >= 15 is 0 Å². The summed E-state index contributed by atoms with van der Waals surface area (Å²) in [6.45, 7) is 8.04. The zero-order chi connectivity index (χ0) is 13.2. The Hall–Kier alpha value is -0.940. The molecule has 1 aliphatic rings. The fraction of sp³-hybridized carbons (Fsp3) is 0.692. The van der Waals surface area contributed by atoms with E-state index in [4.69, 9.17) is 0 Å². The molecule has 2 heterocycles. The number of piperidine rings is 1. The Bertz CT molecular complexity index is 422. The summed E-state index contributed by atoms with van der Waals surface area (Å²) in [6, 6.07) is 0. The fourth-order valence-electron chi connectivity index (χ4n) is 2.32. The van der Waals surface area contributed by atoms with Crippen molar-refractivity contribution < 1.29 is 4.79 Å². The number of amides is 1. The summed E-state index contributed by atoms with van der Waals surface area (Å²) in [7, 11) is 0. The first-order valence-electron chi connectivity index (χ1n) is 6.45. The summed E-state index contributed by atoms with van der Waals surface area (Å²) in [5, 5.41) is 7.01. The van der Waals surface area contributed by atoms with Crippen LogP contribution in [0.2, 0.25) is 0 Å². The molecule has 1 fully saturated rings. The molecule has 5 heteroatoms. The second kappa shape index (κ2) is 5.36. The zero-order valence-corrected chi connectivity index (χ0v) is 12.1. The number of rotatable bonds is 3. The van der Waals surface area contributed by atoms with Gasteiger partial charge in [-0.05, 0) is 38.8 Å². The Morgan fingerprint density at radius 1 is 1.61 bits per heavy atom. The van der Waals surface area contributed by atoms with Gasteiger partial charge in [-0.25, -0.2) is 4.98 Å². The molecule has 1 saturated heterocycles. The van der Waals surface area contributed by atoms with Crippen LogP contribution in [-0.2, 0) is 4.79 Å². The van der Waals surface area contributed by atoms with Crippen LogP contribution in [0.5, 0.6) is 0 Å². The van der Waals surface area contributed by atoms with E-state index in [2.05, 4.69) is 15.6 Å². The van der Waals surface area contributed by atoms with Gasteiger partial charge in [0.1, 0.15) is 0 Å². The van der Waals surface area contributed by atoms with Gasteiger partial charge in [0, 0.05) is 16.5 Å². The number of aromatic nitrogens is 1. The molecule has 1 aromatic rings. The van der Waals surface area contributed by atoms with Gasteiger partial charge in [0.15, 0.2) is 5.13 Å². The largest absolute Gasteiger partial charge is 0.316 e. The van der Waals surface area contributed by atoms with Crippen molar-refractivity contribution in [2.24, 2.45) is 11.3 Å². The first-order chi connectivity index (χ1) is 8.50. The van der Waals surface area contributed by atoms with Gasteiger partial charge in [-0.1, -0.05) is 13.8 Å². The first-order valence-corrected chi connectivity index (χ1v) is 7.26. The lowest BCUT2D eigenvalue weighted by Crippen LogP contribution is -2.44. The molecule has 0 radical (unpaired) electrons. The molecule has 1 aliphatic heterocycles. The molecule has 4 nitrogen and oxygen atoms in total. The van der Waals surface area contributed by atoms with Crippen LogP contribution in [0.25, 0.3) is 0 Å². The average Bonchev–Trinajstić information content (AvgIpc) is 2.76. The number of carbonyl (C=O) groups excluding carboxylic acids is 1. The molecule has 1 unspecified atom stereocenters. The maximum absolute atomic E-state index is 12.4. The standard InChI is InChI=1S/C13H21N3OS/c1-9-7-15-12(18-9)16-11(17)13(2,3)10-5-4-6-14-8-10/h7,10,14H,4-6,8H2,1-3H3,(H,15,16,17). The van der Waals surface area contributed by atoms with Crippen molar-refractivity contribution in [1.82, 2.24) is 10.3 Å². The predicted octanol–water partition coefficient (Wildman–Crippen LogP) is 2.42. The molecule has 0 aliphatic carbocycles. The van der Waals surface area contributed by atoms with Crippen molar-refractivity contribution in [3.05, 3.63) is 11.1 Å². The third-order valence-corrected chi connectivity index (χ3v) is 4.57. The molecule has 1 atom stereocenters. The number of carbonyl (C=O) groups is 1. The molecular weight excluding hydrogens is 246 g/mol.